The maximum absolute atomic E-state index is 11.9. The summed E-state index contributed by atoms with van der Waals surface area (Å²) < 4.78 is 1.62. The van der Waals surface area contributed by atoms with Crippen LogP contribution in [0.25, 0.3) is 0 Å². The molecule has 1 atom stereocenters. The number of hydrogen-bond acceptors (Lipinski definition) is 3. The molecule has 0 aromatic carbocycles. The molecule has 1 aromatic rings. The highest BCUT2D eigenvalue weighted by molar-refractivity contribution is 9.13. The van der Waals surface area contributed by atoms with Crippen molar-refractivity contribution < 1.29 is 14.7 Å². The molecule has 1 unspecified atom stereocenters. The Hall–Kier alpha value is -0.400. The second-order valence-corrected chi connectivity index (χ2v) is 7.08. The first kappa shape index (κ1) is 13.0. The van der Waals surface area contributed by atoms with Gasteiger partial charge in [-0.15, -0.1) is 11.3 Å². The van der Waals surface area contributed by atoms with Gasteiger partial charge in [-0.25, -0.2) is 4.79 Å². The van der Waals surface area contributed by atoms with Crippen LogP contribution in [0.4, 0.5) is 0 Å². The lowest BCUT2D eigenvalue weighted by molar-refractivity contribution is -0.139. The van der Waals surface area contributed by atoms with Gasteiger partial charge in [0.05, 0.1) is 8.66 Å². The Kier molecular flexibility index (Phi) is 3.89. The number of carbonyl (C=O) groups is 2. The third-order valence-corrected chi connectivity index (χ3v) is 5.77. The summed E-state index contributed by atoms with van der Waals surface area (Å²) >= 11 is 7.86. The van der Waals surface area contributed by atoms with Crippen molar-refractivity contribution >= 4 is 55.1 Å². The third kappa shape index (κ3) is 3.08. The Morgan fingerprint density at radius 1 is 1.47 bits per heavy atom. The highest BCUT2D eigenvalue weighted by Crippen LogP contribution is 2.34. The fourth-order valence-electron chi connectivity index (χ4n) is 1.48. The number of rotatable bonds is 4. The van der Waals surface area contributed by atoms with E-state index >= 15 is 0 Å². The standard InChI is InChI=1S/C10H9Br2NO3S/c11-5-3-6(17-8(5)12)9(14)13-7(10(15)16)4-1-2-4/h3-4,7H,1-2H2,(H,13,14)(H,15,16). The minimum Gasteiger partial charge on any atom is -0.480 e. The molecule has 2 N–H and O–H groups in total. The molecule has 1 aromatic heterocycles. The summed E-state index contributed by atoms with van der Waals surface area (Å²) in [4.78, 5) is 23.3. The zero-order valence-corrected chi connectivity index (χ0v) is 12.6. The van der Waals surface area contributed by atoms with Crippen molar-refractivity contribution in [1.29, 1.82) is 0 Å². The molecule has 1 aliphatic rings. The molecule has 0 saturated heterocycles. The van der Waals surface area contributed by atoms with Crippen LogP contribution in [0, 0.1) is 5.92 Å². The molecule has 1 fully saturated rings. The van der Waals surface area contributed by atoms with Crippen LogP contribution >= 0.6 is 43.2 Å². The number of carboxylic acids is 1. The topological polar surface area (TPSA) is 66.4 Å². The predicted molar refractivity (Wildman–Crippen MR) is 71.3 cm³/mol. The lowest BCUT2D eigenvalue weighted by Crippen LogP contribution is -2.42. The normalized spacial score (nSPS) is 16.6. The summed E-state index contributed by atoms with van der Waals surface area (Å²) in [6.07, 6.45) is 1.74. The number of halogens is 2. The van der Waals surface area contributed by atoms with Gasteiger partial charge in [-0.2, -0.15) is 0 Å². The van der Waals surface area contributed by atoms with Crippen molar-refractivity contribution in [2.75, 3.05) is 0 Å². The Labute approximate surface area is 119 Å². The van der Waals surface area contributed by atoms with Gasteiger partial charge in [-0.05, 0) is 56.7 Å². The van der Waals surface area contributed by atoms with Gasteiger partial charge in [0.15, 0.2) is 0 Å². The molecule has 1 saturated carbocycles. The minimum atomic E-state index is -0.962. The van der Waals surface area contributed by atoms with Gasteiger partial charge < -0.3 is 10.4 Å². The molecule has 7 heteroatoms. The number of aliphatic carboxylic acids is 1. The summed E-state index contributed by atoms with van der Waals surface area (Å²) in [5, 5.41) is 11.6. The fraction of sp³-hybridized carbons (Fsp3) is 0.400. The molecule has 0 bridgehead atoms. The van der Waals surface area contributed by atoms with Crippen LogP contribution in [0.15, 0.2) is 14.3 Å². The zero-order chi connectivity index (χ0) is 12.6. The van der Waals surface area contributed by atoms with Crippen LogP contribution in [0.2, 0.25) is 0 Å². The molecule has 2 rings (SSSR count). The summed E-state index contributed by atoms with van der Waals surface area (Å²) in [6.45, 7) is 0. The molecule has 4 nitrogen and oxygen atoms in total. The first-order valence-corrected chi connectivity index (χ1v) is 7.38. The monoisotopic (exact) mass is 381 g/mol. The first-order valence-electron chi connectivity index (χ1n) is 4.97. The van der Waals surface area contributed by atoms with Crippen molar-refractivity contribution in [2.45, 2.75) is 18.9 Å². The van der Waals surface area contributed by atoms with Crippen LogP contribution < -0.4 is 5.32 Å². The lowest BCUT2D eigenvalue weighted by atomic mass is 10.2. The Morgan fingerprint density at radius 3 is 2.53 bits per heavy atom. The van der Waals surface area contributed by atoms with E-state index < -0.39 is 12.0 Å². The van der Waals surface area contributed by atoms with E-state index in [-0.39, 0.29) is 11.8 Å². The lowest BCUT2D eigenvalue weighted by Gasteiger charge is -2.12. The molecule has 17 heavy (non-hydrogen) atoms. The van der Waals surface area contributed by atoms with E-state index in [9.17, 15) is 9.59 Å². The third-order valence-electron chi connectivity index (χ3n) is 2.52. The van der Waals surface area contributed by atoms with Crippen molar-refractivity contribution in [2.24, 2.45) is 5.92 Å². The van der Waals surface area contributed by atoms with E-state index in [1.54, 1.807) is 6.07 Å². The summed E-state index contributed by atoms with van der Waals surface area (Å²) in [6, 6.07) is 0.915. The molecular weight excluding hydrogens is 374 g/mol. The van der Waals surface area contributed by atoms with Crippen molar-refractivity contribution in [1.82, 2.24) is 5.32 Å². The number of amides is 1. The van der Waals surface area contributed by atoms with E-state index in [0.717, 1.165) is 21.1 Å². The quantitative estimate of drug-likeness (QED) is 0.841. The highest BCUT2D eigenvalue weighted by Gasteiger charge is 2.37. The molecule has 92 valence electrons. The van der Waals surface area contributed by atoms with E-state index in [2.05, 4.69) is 37.2 Å². The van der Waals surface area contributed by atoms with Gasteiger partial charge in [0.2, 0.25) is 0 Å². The number of nitrogens with one attached hydrogen (secondary N) is 1. The maximum Gasteiger partial charge on any atom is 0.326 e. The first-order chi connectivity index (χ1) is 7.99. The summed E-state index contributed by atoms with van der Waals surface area (Å²) in [7, 11) is 0. The zero-order valence-electron chi connectivity index (χ0n) is 8.57. The summed E-state index contributed by atoms with van der Waals surface area (Å²) in [5.41, 5.74) is 0. The minimum absolute atomic E-state index is 0.0864. The Bertz CT molecular complexity index is 451. The van der Waals surface area contributed by atoms with Crippen molar-refractivity contribution in [3.05, 3.63) is 19.2 Å². The van der Waals surface area contributed by atoms with Crippen LogP contribution in [0.3, 0.4) is 0 Å². The average Bonchev–Trinajstić information content (AvgIpc) is 3.02. The van der Waals surface area contributed by atoms with Crippen molar-refractivity contribution in [3.8, 4) is 0 Å². The van der Waals surface area contributed by atoms with E-state index in [1.807, 2.05) is 0 Å². The number of carbonyl (C=O) groups excluding carboxylic acids is 1. The highest BCUT2D eigenvalue weighted by atomic mass is 79.9. The fourth-order valence-corrected chi connectivity index (χ4v) is 3.42. The molecule has 0 radical (unpaired) electrons. The van der Waals surface area contributed by atoms with Crippen molar-refractivity contribution in [3.63, 3.8) is 0 Å². The molecule has 1 amide bonds. The van der Waals surface area contributed by atoms with Crippen LogP contribution in [0.1, 0.15) is 22.5 Å². The van der Waals surface area contributed by atoms with Gasteiger partial charge in [0.1, 0.15) is 6.04 Å². The molecule has 1 heterocycles. The maximum atomic E-state index is 11.9. The molecule has 0 aliphatic heterocycles. The molecule has 0 spiro atoms. The van der Waals surface area contributed by atoms with E-state index in [0.29, 0.717) is 4.88 Å². The smallest absolute Gasteiger partial charge is 0.326 e. The average molecular weight is 383 g/mol. The molecule has 1 aliphatic carbocycles. The second-order valence-electron chi connectivity index (χ2n) is 3.86. The SMILES string of the molecule is O=C(NC(C(=O)O)C1CC1)c1cc(Br)c(Br)s1. The van der Waals surface area contributed by atoms with Gasteiger partial charge in [-0.3, -0.25) is 4.79 Å². The van der Waals surface area contributed by atoms with Crippen LogP contribution in [-0.4, -0.2) is 23.0 Å². The predicted octanol–water partition coefficient (Wildman–Crippen LogP) is 2.87. The van der Waals surface area contributed by atoms with Gasteiger partial charge in [0.25, 0.3) is 5.91 Å². The Morgan fingerprint density at radius 2 is 2.12 bits per heavy atom. The van der Waals surface area contributed by atoms with Gasteiger partial charge in [-0.1, -0.05) is 0 Å². The second kappa shape index (κ2) is 5.07. The largest absolute Gasteiger partial charge is 0.480 e. The molecular formula is C10H9Br2NO3S. The Balaban J connectivity index is 2.07. The number of thiophene rings is 1. The number of hydrogen-bond donors (Lipinski definition) is 2. The van der Waals surface area contributed by atoms with Crippen LogP contribution in [0.5, 0.6) is 0 Å². The van der Waals surface area contributed by atoms with E-state index in [1.165, 1.54) is 11.3 Å². The van der Waals surface area contributed by atoms with Gasteiger partial charge in [0, 0.05) is 4.47 Å². The summed E-state index contributed by atoms with van der Waals surface area (Å²) in [5.74, 6) is -1.21. The van der Waals surface area contributed by atoms with Gasteiger partial charge >= 0.3 is 5.97 Å². The van der Waals surface area contributed by atoms with E-state index in [4.69, 9.17) is 5.11 Å². The van der Waals surface area contributed by atoms with Crippen LogP contribution in [-0.2, 0) is 4.79 Å². The number of carboxylic acid groups (broad SMARTS) is 1.